The van der Waals surface area contributed by atoms with Gasteiger partial charge >= 0.3 is 5.69 Å². The number of methoxy groups -OCH3 is 1. The summed E-state index contributed by atoms with van der Waals surface area (Å²) >= 11 is 5.50. The molecule has 0 aliphatic heterocycles. The molecule has 1 heterocycles. The third-order valence-electron chi connectivity index (χ3n) is 1.78. The maximum atomic E-state index is 11.4. The molecule has 1 N–H and O–H groups in total. The Bertz CT molecular complexity index is 392. The SMILES string of the molecule is COCC(C)n1c(=O)cc(Cl)[nH]c1=O. The second-order valence-electron chi connectivity index (χ2n) is 2.94. The Kier molecular flexibility index (Phi) is 3.49. The van der Waals surface area contributed by atoms with Crippen LogP contribution in [0.1, 0.15) is 13.0 Å². The molecule has 0 fully saturated rings. The predicted octanol–water partition coefficient (Wildman–Crippen LogP) is 0.397. The number of hydrogen-bond acceptors (Lipinski definition) is 3. The lowest BCUT2D eigenvalue weighted by Crippen LogP contribution is -2.38. The van der Waals surface area contributed by atoms with Crippen molar-refractivity contribution in [1.82, 2.24) is 9.55 Å². The molecule has 6 heteroatoms. The summed E-state index contributed by atoms with van der Waals surface area (Å²) in [4.78, 5) is 25.1. The van der Waals surface area contributed by atoms with Gasteiger partial charge in [0.05, 0.1) is 12.6 Å². The molecule has 0 amide bonds. The van der Waals surface area contributed by atoms with Crippen LogP contribution in [0.4, 0.5) is 0 Å². The zero-order valence-corrected chi connectivity index (χ0v) is 8.67. The van der Waals surface area contributed by atoms with Crippen LogP contribution >= 0.6 is 11.6 Å². The molecule has 0 bridgehead atoms. The molecule has 5 nitrogen and oxygen atoms in total. The quantitative estimate of drug-likeness (QED) is 0.747. The highest BCUT2D eigenvalue weighted by Crippen LogP contribution is 2.00. The fourth-order valence-electron chi connectivity index (χ4n) is 1.21. The van der Waals surface area contributed by atoms with E-state index >= 15 is 0 Å². The topological polar surface area (TPSA) is 64.1 Å². The zero-order chi connectivity index (χ0) is 10.7. The molecule has 1 rings (SSSR count). The second-order valence-corrected chi connectivity index (χ2v) is 3.34. The van der Waals surface area contributed by atoms with Crippen molar-refractivity contribution >= 4 is 11.6 Å². The monoisotopic (exact) mass is 218 g/mol. The van der Waals surface area contributed by atoms with Gasteiger partial charge in [0, 0.05) is 13.2 Å². The van der Waals surface area contributed by atoms with E-state index in [1.54, 1.807) is 6.92 Å². The predicted molar refractivity (Wildman–Crippen MR) is 52.9 cm³/mol. The molecular formula is C8H11ClN2O3. The maximum Gasteiger partial charge on any atom is 0.329 e. The van der Waals surface area contributed by atoms with Gasteiger partial charge in [-0.25, -0.2) is 4.79 Å². The van der Waals surface area contributed by atoms with Crippen molar-refractivity contribution in [2.24, 2.45) is 0 Å². The van der Waals surface area contributed by atoms with Crippen molar-refractivity contribution in [2.75, 3.05) is 13.7 Å². The molecule has 0 spiro atoms. The average molecular weight is 219 g/mol. The molecule has 1 aromatic rings. The Balaban J connectivity index is 3.21. The Morgan fingerprint density at radius 3 is 2.79 bits per heavy atom. The van der Waals surface area contributed by atoms with Crippen molar-refractivity contribution in [3.8, 4) is 0 Å². The van der Waals surface area contributed by atoms with Gasteiger partial charge in [-0.05, 0) is 6.92 Å². The van der Waals surface area contributed by atoms with Crippen LogP contribution in [0.25, 0.3) is 0 Å². The smallest absolute Gasteiger partial charge is 0.329 e. The fraction of sp³-hybridized carbons (Fsp3) is 0.500. The normalized spacial score (nSPS) is 12.8. The first-order chi connectivity index (χ1) is 6.56. The Morgan fingerprint density at radius 1 is 1.64 bits per heavy atom. The van der Waals surface area contributed by atoms with E-state index in [1.165, 1.54) is 7.11 Å². The van der Waals surface area contributed by atoms with Gasteiger partial charge < -0.3 is 4.74 Å². The van der Waals surface area contributed by atoms with Crippen LogP contribution < -0.4 is 11.2 Å². The standard InChI is InChI=1S/C8H11ClN2O3/c1-5(4-14-2)11-7(12)3-6(9)10-8(11)13/h3,5H,4H2,1-2H3,(H,10,13). The lowest BCUT2D eigenvalue weighted by molar-refractivity contribution is 0.158. The van der Waals surface area contributed by atoms with Crippen LogP contribution in [-0.2, 0) is 4.74 Å². The van der Waals surface area contributed by atoms with Gasteiger partial charge in [0.1, 0.15) is 5.15 Å². The summed E-state index contributed by atoms with van der Waals surface area (Å²) < 4.78 is 5.92. The summed E-state index contributed by atoms with van der Waals surface area (Å²) in [6, 6.07) is 0.850. The van der Waals surface area contributed by atoms with E-state index in [-0.39, 0.29) is 11.2 Å². The van der Waals surface area contributed by atoms with Crippen LogP contribution in [0, 0.1) is 0 Å². The summed E-state index contributed by atoms with van der Waals surface area (Å²) in [6.45, 7) is 2.01. The van der Waals surface area contributed by atoms with E-state index < -0.39 is 11.2 Å². The number of aromatic amines is 1. The van der Waals surface area contributed by atoms with Crippen molar-refractivity contribution in [1.29, 1.82) is 0 Å². The maximum absolute atomic E-state index is 11.4. The summed E-state index contributed by atoms with van der Waals surface area (Å²) in [5, 5.41) is 0.0425. The highest BCUT2D eigenvalue weighted by atomic mass is 35.5. The number of hydrogen-bond donors (Lipinski definition) is 1. The van der Waals surface area contributed by atoms with Crippen LogP contribution in [0.15, 0.2) is 15.7 Å². The highest BCUT2D eigenvalue weighted by molar-refractivity contribution is 6.29. The van der Waals surface area contributed by atoms with Crippen molar-refractivity contribution in [2.45, 2.75) is 13.0 Å². The van der Waals surface area contributed by atoms with E-state index in [0.29, 0.717) is 6.61 Å². The minimum absolute atomic E-state index is 0.0425. The first-order valence-electron chi connectivity index (χ1n) is 4.06. The lowest BCUT2D eigenvalue weighted by Gasteiger charge is -2.11. The molecular weight excluding hydrogens is 208 g/mol. The fourth-order valence-corrected chi connectivity index (χ4v) is 1.38. The lowest BCUT2D eigenvalue weighted by atomic mass is 10.3. The summed E-state index contributed by atoms with van der Waals surface area (Å²) in [5.41, 5.74) is -0.949. The van der Waals surface area contributed by atoms with Crippen molar-refractivity contribution in [3.63, 3.8) is 0 Å². The molecule has 0 aliphatic rings. The number of halogens is 1. The Morgan fingerprint density at radius 2 is 2.29 bits per heavy atom. The van der Waals surface area contributed by atoms with Gasteiger partial charge in [-0.2, -0.15) is 0 Å². The summed E-state index contributed by atoms with van der Waals surface area (Å²) in [7, 11) is 1.51. The van der Waals surface area contributed by atoms with Crippen LogP contribution in [0.3, 0.4) is 0 Å². The zero-order valence-electron chi connectivity index (χ0n) is 7.91. The van der Waals surface area contributed by atoms with Crippen LogP contribution in [0.2, 0.25) is 5.15 Å². The van der Waals surface area contributed by atoms with Gasteiger partial charge in [-0.15, -0.1) is 0 Å². The number of ether oxygens (including phenoxy) is 1. The van der Waals surface area contributed by atoms with E-state index in [1.807, 2.05) is 0 Å². The Labute approximate surface area is 85.3 Å². The molecule has 1 atom stereocenters. The molecule has 0 saturated carbocycles. The van der Waals surface area contributed by atoms with Gasteiger partial charge in [0.15, 0.2) is 0 Å². The second kappa shape index (κ2) is 4.43. The molecule has 0 saturated heterocycles. The highest BCUT2D eigenvalue weighted by Gasteiger charge is 2.10. The minimum atomic E-state index is -0.521. The Hall–Kier alpha value is -1.07. The first kappa shape index (κ1) is 11.0. The molecule has 0 radical (unpaired) electrons. The third-order valence-corrected chi connectivity index (χ3v) is 1.99. The molecule has 0 aliphatic carbocycles. The molecule has 1 unspecified atom stereocenters. The minimum Gasteiger partial charge on any atom is -0.383 e. The number of H-pyrrole nitrogens is 1. The number of nitrogens with one attached hydrogen (secondary N) is 1. The number of rotatable bonds is 3. The van der Waals surface area contributed by atoms with E-state index in [9.17, 15) is 9.59 Å². The largest absolute Gasteiger partial charge is 0.383 e. The van der Waals surface area contributed by atoms with Gasteiger partial charge in [-0.3, -0.25) is 14.3 Å². The van der Waals surface area contributed by atoms with Crippen molar-refractivity contribution < 1.29 is 4.74 Å². The summed E-state index contributed by atoms with van der Waals surface area (Å²) in [5.74, 6) is 0. The van der Waals surface area contributed by atoms with E-state index in [4.69, 9.17) is 16.3 Å². The van der Waals surface area contributed by atoms with E-state index in [2.05, 4.69) is 4.98 Å². The molecule has 0 aromatic carbocycles. The molecule has 78 valence electrons. The van der Waals surface area contributed by atoms with Gasteiger partial charge in [-0.1, -0.05) is 11.6 Å². The third kappa shape index (κ3) is 2.24. The number of aromatic nitrogens is 2. The molecule has 1 aromatic heterocycles. The van der Waals surface area contributed by atoms with Crippen LogP contribution in [0.5, 0.6) is 0 Å². The van der Waals surface area contributed by atoms with Gasteiger partial charge in [0.25, 0.3) is 5.56 Å². The molecule has 14 heavy (non-hydrogen) atoms. The average Bonchev–Trinajstić information content (AvgIpc) is 2.01. The summed E-state index contributed by atoms with van der Waals surface area (Å²) in [6.07, 6.45) is 0. The van der Waals surface area contributed by atoms with Crippen molar-refractivity contribution in [3.05, 3.63) is 32.1 Å². The number of nitrogens with zero attached hydrogens (tertiary/aromatic N) is 1. The first-order valence-corrected chi connectivity index (χ1v) is 4.44. The van der Waals surface area contributed by atoms with Crippen LogP contribution in [-0.4, -0.2) is 23.3 Å². The van der Waals surface area contributed by atoms with Gasteiger partial charge in [0.2, 0.25) is 0 Å². The van der Waals surface area contributed by atoms with E-state index in [0.717, 1.165) is 10.6 Å².